The number of nitrogens with zero attached hydrogens (tertiary/aromatic N) is 4. The second-order valence-corrected chi connectivity index (χ2v) is 6.45. The van der Waals surface area contributed by atoms with E-state index in [4.69, 9.17) is 0 Å². The summed E-state index contributed by atoms with van der Waals surface area (Å²) < 4.78 is 2.80. The van der Waals surface area contributed by atoms with Gasteiger partial charge in [0.25, 0.3) is 11.5 Å². The van der Waals surface area contributed by atoms with Gasteiger partial charge in [-0.05, 0) is 36.8 Å². The Labute approximate surface area is 164 Å². The summed E-state index contributed by atoms with van der Waals surface area (Å²) >= 11 is 0. The Kier molecular flexibility index (Phi) is 4.78. The predicted molar refractivity (Wildman–Crippen MR) is 108 cm³/mol. The predicted octanol–water partition coefficient (Wildman–Crippen LogP) is 1.60. The molecule has 1 amide bonds. The largest absolute Gasteiger partial charge is 0.328 e. The van der Waals surface area contributed by atoms with Gasteiger partial charge in [0, 0.05) is 36.8 Å². The first-order valence-corrected chi connectivity index (χ1v) is 9.05. The van der Waals surface area contributed by atoms with E-state index in [9.17, 15) is 14.4 Å². The third-order valence-electron chi connectivity index (χ3n) is 4.51. The van der Waals surface area contributed by atoms with Crippen molar-refractivity contribution >= 4 is 22.6 Å². The Bertz CT molecular complexity index is 1300. The highest BCUT2D eigenvalue weighted by atomic mass is 16.2. The number of amides is 1. The molecule has 9 nitrogen and oxygen atoms in total. The number of anilines is 1. The highest BCUT2D eigenvalue weighted by Crippen LogP contribution is 2.12. The summed E-state index contributed by atoms with van der Waals surface area (Å²) in [5.41, 5.74) is 0.733. The molecule has 146 valence electrons. The Morgan fingerprint density at radius 1 is 1.21 bits per heavy atom. The fourth-order valence-electron chi connectivity index (χ4n) is 3.07. The molecule has 4 rings (SSSR count). The molecule has 0 aliphatic carbocycles. The van der Waals surface area contributed by atoms with Gasteiger partial charge in [-0.3, -0.25) is 23.8 Å². The highest BCUT2D eigenvalue weighted by Gasteiger charge is 2.12. The number of hydrogen-bond acceptors (Lipinski definition) is 5. The molecule has 0 bridgehead atoms. The van der Waals surface area contributed by atoms with Crippen molar-refractivity contribution < 1.29 is 4.79 Å². The number of pyridine rings is 1. The molecule has 0 spiro atoms. The number of H-pyrrole nitrogens is 1. The summed E-state index contributed by atoms with van der Waals surface area (Å²) in [6.45, 7) is 2.52. The quantitative estimate of drug-likeness (QED) is 0.537. The molecule has 2 N–H and O–H groups in total. The van der Waals surface area contributed by atoms with Gasteiger partial charge in [-0.15, -0.1) is 0 Å². The molecule has 0 aliphatic rings. The molecule has 0 fully saturated rings. The van der Waals surface area contributed by atoms with Gasteiger partial charge >= 0.3 is 5.69 Å². The molecule has 1 aromatic carbocycles. The highest BCUT2D eigenvalue weighted by molar-refractivity contribution is 6.05. The first-order valence-electron chi connectivity index (χ1n) is 9.05. The van der Waals surface area contributed by atoms with E-state index >= 15 is 0 Å². The first kappa shape index (κ1) is 18.4. The van der Waals surface area contributed by atoms with Gasteiger partial charge in [0.2, 0.25) is 0 Å². The molecule has 3 heterocycles. The van der Waals surface area contributed by atoms with Crippen LogP contribution in [0.5, 0.6) is 0 Å². The molecule has 3 aromatic heterocycles. The zero-order valence-corrected chi connectivity index (χ0v) is 15.6. The number of nitrogens with one attached hydrogen (secondary N) is 2. The number of rotatable bonds is 5. The summed E-state index contributed by atoms with van der Waals surface area (Å²) in [6, 6.07) is 10.0. The molecule has 0 saturated carbocycles. The number of aromatic nitrogens is 5. The number of hydrogen-bond donors (Lipinski definition) is 2. The number of aromatic amines is 1. The van der Waals surface area contributed by atoms with Crippen molar-refractivity contribution in [3.8, 4) is 0 Å². The zero-order chi connectivity index (χ0) is 20.4. The van der Waals surface area contributed by atoms with Crippen LogP contribution in [0, 0.1) is 0 Å². The monoisotopic (exact) mass is 390 g/mol. The van der Waals surface area contributed by atoms with Crippen molar-refractivity contribution in [2.75, 3.05) is 5.32 Å². The van der Waals surface area contributed by atoms with Crippen LogP contribution in [0.1, 0.15) is 22.8 Å². The smallest absolute Gasteiger partial charge is 0.307 e. The van der Waals surface area contributed by atoms with Crippen molar-refractivity contribution in [1.82, 2.24) is 24.3 Å². The van der Waals surface area contributed by atoms with Crippen LogP contribution in [-0.2, 0) is 13.1 Å². The number of carbonyl (C=O) groups excluding carboxylic acids is 1. The van der Waals surface area contributed by atoms with Crippen LogP contribution in [0.4, 0.5) is 5.82 Å². The standard InChI is InChI=1S/C20H18N6O3/c1-2-26-19(28)15-6-5-14(10-16(15)22-20(26)29)18(27)23-17-7-9-25(24-17)12-13-4-3-8-21-11-13/h3-11H,2,12H2,1H3,(H,22,29)(H,23,24,27). The Morgan fingerprint density at radius 2 is 2.07 bits per heavy atom. The molecule has 0 aliphatic heterocycles. The summed E-state index contributed by atoms with van der Waals surface area (Å²) in [5.74, 6) is 0.00734. The van der Waals surface area contributed by atoms with E-state index in [2.05, 4.69) is 20.4 Å². The third-order valence-corrected chi connectivity index (χ3v) is 4.51. The first-order chi connectivity index (χ1) is 14.0. The van der Waals surface area contributed by atoms with Crippen LogP contribution < -0.4 is 16.6 Å². The molecular formula is C20H18N6O3. The lowest BCUT2D eigenvalue weighted by molar-refractivity contribution is 0.102. The van der Waals surface area contributed by atoms with Gasteiger partial charge in [0.15, 0.2) is 5.82 Å². The van der Waals surface area contributed by atoms with Crippen molar-refractivity contribution in [2.24, 2.45) is 0 Å². The van der Waals surface area contributed by atoms with E-state index in [1.807, 2.05) is 12.1 Å². The lowest BCUT2D eigenvalue weighted by atomic mass is 10.1. The van der Waals surface area contributed by atoms with Gasteiger partial charge in [0.1, 0.15) is 0 Å². The van der Waals surface area contributed by atoms with Gasteiger partial charge in [-0.2, -0.15) is 5.10 Å². The normalized spacial score (nSPS) is 10.9. The lowest BCUT2D eigenvalue weighted by Crippen LogP contribution is -2.34. The second-order valence-electron chi connectivity index (χ2n) is 6.45. The van der Waals surface area contributed by atoms with Crippen molar-refractivity contribution in [1.29, 1.82) is 0 Å². The molecule has 29 heavy (non-hydrogen) atoms. The summed E-state index contributed by atoms with van der Waals surface area (Å²) in [7, 11) is 0. The molecule has 4 aromatic rings. The fourth-order valence-corrected chi connectivity index (χ4v) is 3.07. The van der Waals surface area contributed by atoms with Crippen LogP contribution in [-0.4, -0.2) is 30.2 Å². The third kappa shape index (κ3) is 3.70. The number of carbonyl (C=O) groups is 1. The molecule has 0 atom stereocenters. The number of fused-ring (bicyclic) bond motifs is 1. The average Bonchev–Trinajstić information content (AvgIpc) is 3.15. The van der Waals surface area contributed by atoms with Gasteiger partial charge in [0.05, 0.1) is 17.4 Å². The van der Waals surface area contributed by atoms with Crippen molar-refractivity contribution in [3.63, 3.8) is 0 Å². The van der Waals surface area contributed by atoms with E-state index < -0.39 is 5.69 Å². The maximum absolute atomic E-state index is 12.6. The molecule has 9 heteroatoms. The van der Waals surface area contributed by atoms with Crippen LogP contribution in [0.25, 0.3) is 10.9 Å². The minimum absolute atomic E-state index is 0.272. The molecular weight excluding hydrogens is 372 g/mol. The van der Waals surface area contributed by atoms with E-state index in [0.717, 1.165) is 10.1 Å². The summed E-state index contributed by atoms with van der Waals surface area (Å²) in [5, 5.41) is 7.40. The van der Waals surface area contributed by atoms with E-state index in [1.54, 1.807) is 42.3 Å². The minimum atomic E-state index is -0.503. The topological polar surface area (TPSA) is 115 Å². The van der Waals surface area contributed by atoms with Crippen LogP contribution in [0.3, 0.4) is 0 Å². The Morgan fingerprint density at radius 3 is 2.83 bits per heavy atom. The minimum Gasteiger partial charge on any atom is -0.307 e. The van der Waals surface area contributed by atoms with Gasteiger partial charge < -0.3 is 10.3 Å². The van der Waals surface area contributed by atoms with Crippen LogP contribution in [0.2, 0.25) is 0 Å². The molecule has 0 saturated heterocycles. The zero-order valence-electron chi connectivity index (χ0n) is 15.6. The summed E-state index contributed by atoms with van der Waals surface area (Å²) in [4.78, 5) is 43.6. The van der Waals surface area contributed by atoms with Crippen molar-refractivity contribution in [2.45, 2.75) is 20.0 Å². The number of benzene rings is 1. The van der Waals surface area contributed by atoms with Gasteiger partial charge in [-0.25, -0.2) is 4.79 Å². The van der Waals surface area contributed by atoms with E-state index in [0.29, 0.717) is 28.8 Å². The lowest BCUT2D eigenvalue weighted by Gasteiger charge is -2.06. The molecule has 0 radical (unpaired) electrons. The maximum Gasteiger partial charge on any atom is 0.328 e. The van der Waals surface area contributed by atoms with Gasteiger partial charge in [-0.1, -0.05) is 6.07 Å². The Balaban J connectivity index is 1.55. The van der Waals surface area contributed by atoms with Crippen LogP contribution in [0.15, 0.2) is 64.6 Å². The van der Waals surface area contributed by atoms with Crippen LogP contribution >= 0.6 is 0 Å². The van der Waals surface area contributed by atoms with E-state index in [1.165, 1.54) is 12.1 Å². The SMILES string of the molecule is CCn1c(=O)[nH]c2cc(C(=O)Nc3ccn(Cc4cccnc4)n3)ccc2c1=O. The Hall–Kier alpha value is -4.01. The average molecular weight is 390 g/mol. The fraction of sp³-hybridized carbons (Fsp3) is 0.150. The summed E-state index contributed by atoms with van der Waals surface area (Å²) in [6.07, 6.45) is 5.21. The molecule has 0 unspecified atom stereocenters. The maximum atomic E-state index is 12.6. The second kappa shape index (κ2) is 7.55. The van der Waals surface area contributed by atoms with Crippen molar-refractivity contribution in [3.05, 3.63) is 87.0 Å². The van der Waals surface area contributed by atoms with E-state index in [-0.39, 0.29) is 18.0 Å².